The van der Waals surface area contributed by atoms with Crippen molar-refractivity contribution < 1.29 is 9.66 Å². The summed E-state index contributed by atoms with van der Waals surface area (Å²) in [6, 6.07) is 6.69. The maximum absolute atomic E-state index is 10.6. The monoisotopic (exact) mass is 262 g/mol. The van der Waals surface area contributed by atoms with Gasteiger partial charge in [0, 0.05) is 24.3 Å². The van der Waals surface area contributed by atoms with Crippen molar-refractivity contribution in [3.63, 3.8) is 0 Å². The van der Waals surface area contributed by atoms with E-state index in [9.17, 15) is 10.1 Å². The zero-order chi connectivity index (χ0) is 13.5. The van der Waals surface area contributed by atoms with Crippen LogP contribution in [0.2, 0.25) is 0 Å². The zero-order valence-corrected chi connectivity index (χ0v) is 10.7. The maximum atomic E-state index is 10.6. The third kappa shape index (κ3) is 2.48. The summed E-state index contributed by atoms with van der Waals surface area (Å²) in [6.45, 7) is 0.727. The molecule has 1 aliphatic heterocycles. The third-order valence-corrected chi connectivity index (χ3v) is 4.16. The van der Waals surface area contributed by atoms with Gasteiger partial charge in [-0.15, -0.1) is 0 Å². The molecule has 1 saturated heterocycles. The molecule has 2 atom stereocenters. The maximum Gasteiger partial charge on any atom is 0.269 e. The van der Waals surface area contributed by atoms with Crippen LogP contribution >= 0.6 is 0 Å². The Kier molecular flexibility index (Phi) is 3.03. The molecule has 2 aliphatic rings. The first-order valence-corrected chi connectivity index (χ1v) is 6.72. The lowest BCUT2D eigenvalue weighted by atomic mass is 9.83. The molecule has 0 amide bonds. The molecule has 2 fully saturated rings. The second-order valence-electron chi connectivity index (χ2n) is 5.71. The number of non-ortho nitro benzene ring substituents is 1. The number of rotatable bonds is 4. The number of hydrogen-bond donors (Lipinski definition) is 1. The molecule has 1 aromatic carbocycles. The summed E-state index contributed by atoms with van der Waals surface area (Å²) in [6.07, 6.45) is 4.17. The van der Waals surface area contributed by atoms with Gasteiger partial charge in [-0.05, 0) is 37.2 Å². The first-order valence-electron chi connectivity index (χ1n) is 6.72. The van der Waals surface area contributed by atoms with Gasteiger partial charge in [-0.3, -0.25) is 10.1 Å². The number of ether oxygens (including phenoxy) is 1. The van der Waals surface area contributed by atoms with E-state index >= 15 is 0 Å². The van der Waals surface area contributed by atoms with Crippen LogP contribution in [0.15, 0.2) is 24.3 Å². The predicted octanol–water partition coefficient (Wildman–Crippen LogP) is 2.03. The van der Waals surface area contributed by atoms with E-state index in [1.54, 1.807) is 24.3 Å². The van der Waals surface area contributed by atoms with E-state index in [0.29, 0.717) is 5.92 Å². The lowest BCUT2D eigenvalue weighted by Crippen LogP contribution is -2.50. The third-order valence-electron chi connectivity index (χ3n) is 4.16. The molecule has 5 nitrogen and oxygen atoms in total. The Morgan fingerprint density at radius 3 is 2.63 bits per heavy atom. The van der Waals surface area contributed by atoms with Gasteiger partial charge in [0.15, 0.2) is 0 Å². The van der Waals surface area contributed by atoms with Crippen molar-refractivity contribution in [2.24, 2.45) is 11.7 Å². The van der Waals surface area contributed by atoms with Gasteiger partial charge >= 0.3 is 0 Å². The Morgan fingerprint density at radius 1 is 1.37 bits per heavy atom. The predicted molar refractivity (Wildman–Crippen MR) is 70.8 cm³/mol. The Bertz CT molecular complexity index is 484. The average Bonchev–Trinajstić information content (AvgIpc) is 3.14. The van der Waals surface area contributed by atoms with Gasteiger partial charge in [-0.2, -0.15) is 0 Å². The molecule has 0 radical (unpaired) electrons. The summed E-state index contributed by atoms with van der Waals surface area (Å²) in [7, 11) is 0. The molecule has 2 N–H and O–H groups in total. The summed E-state index contributed by atoms with van der Waals surface area (Å²) in [5.74, 6) is 0.616. The van der Waals surface area contributed by atoms with Crippen LogP contribution < -0.4 is 5.73 Å². The van der Waals surface area contributed by atoms with E-state index < -0.39 is 0 Å². The van der Waals surface area contributed by atoms with Crippen molar-refractivity contribution in [2.45, 2.75) is 37.3 Å². The van der Waals surface area contributed by atoms with E-state index in [2.05, 4.69) is 0 Å². The highest BCUT2D eigenvalue weighted by molar-refractivity contribution is 5.34. The Morgan fingerprint density at radius 2 is 2.05 bits per heavy atom. The molecule has 19 heavy (non-hydrogen) atoms. The normalized spacial score (nSPS) is 30.5. The summed E-state index contributed by atoms with van der Waals surface area (Å²) < 4.78 is 5.79. The van der Waals surface area contributed by atoms with Crippen LogP contribution in [0.3, 0.4) is 0 Å². The highest BCUT2D eigenvalue weighted by Crippen LogP contribution is 2.43. The molecule has 1 aliphatic carbocycles. The van der Waals surface area contributed by atoms with Gasteiger partial charge < -0.3 is 10.5 Å². The summed E-state index contributed by atoms with van der Waals surface area (Å²) in [4.78, 5) is 10.2. The average molecular weight is 262 g/mol. The highest BCUT2D eigenvalue weighted by Gasteiger charge is 2.48. The molecule has 1 heterocycles. The Labute approximate surface area is 111 Å². The number of benzene rings is 1. The molecule has 2 unspecified atom stereocenters. The summed E-state index contributed by atoms with van der Waals surface area (Å²) >= 11 is 0. The fraction of sp³-hybridized carbons (Fsp3) is 0.571. The molecule has 102 valence electrons. The topological polar surface area (TPSA) is 78.4 Å². The molecule has 3 rings (SSSR count). The number of nitro benzene ring substituents is 1. The smallest absolute Gasteiger partial charge is 0.269 e. The SMILES string of the molecule is NC1(Cc2ccc([N+](=O)[O-])cc2)CCOC1C1CC1. The molecule has 1 aromatic rings. The first-order chi connectivity index (χ1) is 9.08. The van der Waals surface area contributed by atoms with E-state index in [0.717, 1.165) is 25.0 Å². The number of nitro groups is 1. The fourth-order valence-corrected chi connectivity index (χ4v) is 2.99. The molecule has 0 spiro atoms. The lowest BCUT2D eigenvalue weighted by molar-refractivity contribution is -0.384. The van der Waals surface area contributed by atoms with Crippen molar-refractivity contribution in [1.29, 1.82) is 0 Å². The number of nitrogens with zero attached hydrogens (tertiary/aromatic N) is 1. The number of hydrogen-bond acceptors (Lipinski definition) is 4. The van der Waals surface area contributed by atoms with Gasteiger partial charge in [0.05, 0.1) is 11.0 Å². The molecule has 5 heteroatoms. The van der Waals surface area contributed by atoms with Crippen LogP contribution in [0.25, 0.3) is 0 Å². The van der Waals surface area contributed by atoms with Crippen molar-refractivity contribution in [3.8, 4) is 0 Å². The molecular formula is C14H18N2O3. The van der Waals surface area contributed by atoms with Crippen molar-refractivity contribution in [1.82, 2.24) is 0 Å². The van der Waals surface area contributed by atoms with Crippen LogP contribution in [0.5, 0.6) is 0 Å². The van der Waals surface area contributed by atoms with Crippen LogP contribution in [-0.4, -0.2) is 23.2 Å². The minimum atomic E-state index is -0.381. The van der Waals surface area contributed by atoms with Gasteiger partial charge in [0.2, 0.25) is 0 Å². The van der Waals surface area contributed by atoms with Crippen LogP contribution in [0, 0.1) is 16.0 Å². The lowest BCUT2D eigenvalue weighted by Gasteiger charge is -2.30. The van der Waals surface area contributed by atoms with Crippen molar-refractivity contribution in [2.75, 3.05) is 6.61 Å². The highest BCUT2D eigenvalue weighted by atomic mass is 16.6. The molecule has 0 aromatic heterocycles. The van der Waals surface area contributed by atoms with E-state index in [1.807, 2.05) is 0 Å². The summed E-state index contributed by atoms with van der Waals surface area (Å²) in [5.41, 5.74) is 7.37. The van der Waals surface area contributed by atoms with Gasteiger partial charge in [-0.25, -0.2) is 0 Å². The Hall–Kier alpha value is -1.46. The quantitative estimate of drug-likeness (QED) is 0.665. The zero-order valence-electron chi connectivity index (χ0n) is 10.7. The van der Waals surface area contributed by atoms with Gasteiger partial charge in [0.25, 0.3) is 5.69 Å². The number of nitrogens with two attached hydrogens (primary N) is 1. The van der Waals surface area contributed by atoms with Crippen LogP contribution in [-0.2, 0) is 11.2 Å². The second-order valence-corrected chi connectivity index (χ2v) is 5.71. The molecule has 0 bridgehead atoms. The van der Waals surface area contributed by atoms with Gasteiger partial charge in [-0.1, -0.05) is 12.1 Å². The van der Waals surface area contributed by atoms with E-state index in [4.69, 9.17) is 10.5 Å². The Balaban J connectivity index is 1.74. The summed E-state index contributed by atoms with van der Waals surface area (Å²) in [5, 5.41) is 10.6. The van der Waals surface area contributed by atoms with Crippen LogP contribution in [0.1, 0.15) is 24.8 Å². The van der Waals surface area contributed by atoms with Crippen LogP contribution in [0.4, 0.5) is 5.69 Å². The van der Waals surface area contributed by atoms with Crippen molar-refractivity contribution >= 4 is 5.69 Å². The second kappa shape index (κ2) is 4.58. The molecular weight excluding hydrogens is 244 g/mol. The van der Waals surface area contributed by atoms with E-state index in [1.165, 1.54) is 12.8 Å². The minimum absolute atomic E-state index is 0.122. The minimum Gasteiger partial charge on any atom is -0.376 e. The largest absolute Gasteiger partial charge is 0.376 e. The molecule has 1 saturated carbocycles. The van der Waals surface area contributed by atoms with Gasteiger partial charge in [0.1, 0.15) is 0 Å². The van der Waals surface area contributed by atoms with E-state index in [-0.39, 0.29) is 22.3 Å². The standard InChI is InChI=1S/C14H18N2O3/c15-14(7-8-19-13(14)11-3-4-11)9-10-1-5-12(6-2-10)16(17)18/h1-2,5-6,11,13H,3-4,7-9,15H2. The fourth-order valence-electron chi connectivity index (χ4n) is 2.99. The van der Waals surface area contributed by atoms with Crippen molar-refractivity contribution in [3.05, 3.63) is 39.9 Å². The first kappa shape index (κ1) is 12.6.